The zero-order valence-electron chi connectivity index (χ0n) is 7.85. The molecule has 1 unspecified atom stereocenters. The largest absolute Gasteiger partial charge is 0.316 e. The summed E-state index contributed by atoms with van der Waals surface area (Å²) in [6.45, 7) is 4.48. The molecule has 1 atom stereocenters. The Morgan fingerprint density at radius 3 is 2.36 bits per heavy atom. The summed E-state index contributed by atoms with van der Waals surface area (Å²) >= 11 is 0. The van der Waals surface area contributed by atoms with E-state index in [0.29, 0.717) is 6.04 Å². The molecule has 0 saturated heterocycles. The first-order valence-corrected chi connectivity index (χ1v) is 4.31. The summed E-state index contributed by atoms with van der Waals surface area (Å²) in [4.78, 5) is 0. The monoisotopic (exact) mass is 153 g/mol. The molecule has 0 aliphatic rings. The molecule has 1 heteroatoms. The van der Waals surface area contributed by atoms with E-state index in [2.05, 4.69) is 25.1 Å². The second kappa shape index (κ2) is 6.24. The third-order valence-electron chi connectivity index (χ3n) is 1.86. The van der Waals surface area contributed by atoms with Gasteiger partial charge in [-0.15, -0.1) is 12.3 Å². The van der Waals surface area contributed by atoms with Gasteiger partial charge < -0.3 is 5.32 Å². The SMILES string of the molecule is C#CCC(CCC(C)C)NC. The Kier molecular flexibility index (Phi) is 5.97. The first-order valence-electron chi connectivity index (χ1n) is 4.31. The predicted octanol–water partition coefficient (Wildman–Crippen LogP) is 2.03. The molecule has 0 spiro atoms. The third-order valence-corrected chi connectivity index (χ3v) is 1.86. The average Bonchev–Trinajstić information content (AvgIpc) is 1.97. The standard InChI is InChI=1S/C10H19N/c1-5-6-10(11-4)8-7-9(2)3/h1,9-11H,6-8H2,2-4H3. The van der Waals surface area contributed by atoms with E-state index in [0.717, 1.165) is 12.3 Å². The van der Waals surface area contributed by atoms with Crippen LogP contribution in [0.15, 0.2) is 0 Å². The molecule has 0 radical (unpaired) electrons. The van der Waals surface area contributed by atoms with Gasteiger partial charge in [-0.2, -0.15) is 0 Å². The van der Waals surface area contributed by atoms with E-state index in [1.807, 2.05) is 7.05 Å². The van der Waals surface area contributed by atoms with Gasteiger partial charge in [0, 0.05) is 12.5 Å². The molecular formula is C10H19N. The van der Waals surface area contributed by atoms with Crippen LogP contribution in [-0.4, -0.2) is 13.1 Å². The molecule has 1 nitrogen and oxygen atoms in total. The minimum Gasteiger partial charge on any atom is -0.316 e. The summed E-state index contributed by atoms with van der Waals surface area (Å²) in [5, 5.41) is 3.22. The van der Waals surface area contributed by atoms with E-state index >= 15 is 0 Å². The molecule has 0 amide bonds. The van der Waals surface area contributed by atoms with E-state index in [-0.39, 0.29) is 0 Å². The van der Waals surface area contributed by atoms with Gasteiger partial charge in [0.05, 0.1) is 0 Å². The number of nitrogens with one attached hydrogen (secondary N) is 1. The van der Waals surface area contributed by atoms with Gasteiger partial charge in [-0.1, -0.05) is 13.8 Å². The molecule has 0 aliphatic heterocycles. The number of hydrogen-bond donors (Lipinski definition) is 1. The molecular weight excluding hydrogens is 134 g/mol. The summed E-state index contributed by atoms with van der Waals surface area (Å²) < 4.78 is 0. The molecule has 0 bridgehead atoms. The van der Waals surface area contributed by atoms with E-state index < -0.39 is 0 Å². The third kappa shape index (κ3) is 5.94. The van der Waals surface area contributed by atoms with Crippen molar-refractivity contribution in [2.75, 3.05) is 7.05 Å². The van der Waals surface area contributed by atoms with Crippen molar-refractivity contribution in [3.63, 3.8) is 0 Å². The summed E-state index contributed by atoms with van der Waals surface area (Å²) in [7, 11) is 1.97. The van der Waals surface area contributed by atoms with Gasteiger partial charge in [0.2, 0.25) is 0 Å². The molecule has 1 N–H and O–H groups in total. The van der Waals surface area contributed by atoms with Gasteiger partial charge in [0.1, 0.15) is 0 Å². The van der Waals surface area contributed by atoms with E-state index in [1.54, 1.807) is 0 Å². The van der Waals surface area contributed by atoms with Crippen molar-refractivity contribution in [1.29, 1.82) is 0 Å². The van der Waals surface area contributed by atoms with Gasteiger partial charge in [-0.05, 0) is 25.8 Å². The van der Waals surface area contributed by atoms with Crippen molar-refractivity contribution in [3.8, 4) is 12.3 Å². The summed E-state index contributed by atoms with van der Waals surface area (Å²) in [6.07, 6.45) is 8.52. The van der Waals surface area contributed by atoms with Crippen molar-refractivity contribution in [2.24, 2.45) is 5.92 Å². The maximum atomic E-state index is 5.22. The highest BCUT2D eigenvalue weighted by molar-refractivity contribution is 4.89. The van der Waals surface area contributed by atoms with Crippen molar-refractivity contribution in [3.05, 3.63) is 0 Å². The van der Waals surface area contributed by atoms with Crippen LogP contribution in [0.2, 0.25) is 0 Å². The van der Waals surface area contributed by atoms with Gasteiger partial charge >= 0.3 is 0 Å². The highest BCUT2D eigenvalue weighted by atomic mass is 14.9. The summed E-state index contributed by atoms with van der Waals surface area (Å²) in [5.74, 6) is 3.46. The number of hydrogen-bond acceptors (Lipinski definition) is 1. The minimum absolute atomic E-state index is 0.516. The fourth-order valence-electron chi connectivity index (χ4n) is 1.03. The Bertz CT molecular complexity index is 121. The fourth-order valence-corrected chi connectivity index (χ4v) is 1.03. The highest BCUT2D eigenvalue weighted by Crippen LogP contribution is 2.08. The van der Waals surface area contributed by atoms with Crippen LogP contribution >= 0.6 is 0 Å². The maximum Gasteiger partial charge on any atom is 0.0240 e. The Morgan fingerprint density at radius 2 is 2.00 bits per heavy atom. The van der Waals surface area contributed by atoms with E-state index in [1.165, 1.54) is 12.8 Å². The molecule has 0 aromatic carbocycles. The molecule has 64 valence electrons. The lowest BCUT2D eigenvalue weighted by atomic mass is 10.0. The van der Waals surface area contributed by atoms with Crippen molar-refractivity contribution >= 4 is 0 Å². The Morgan fingerprint density at radius 1 is 1.36 bits per heavy atom. The van der Waals surface area contributed by atoms with Crippen LogP contribution in [0.4, 0.5) is 0 Å². The van der Waals surface area contributed by atoms with Gasteiger partial charge in [0.15, 0.2) is 0 Å². The summed E-state index contributed by atoms with van der Waals surface area (Å²) in [5.41, 5.74) is 0. The molecule has 0 rings (SSSR count). The van der Waals surface area contributed by atoms with Crippen LogP contribution in [-0.2, 0) is 0 Å². The lowest BCUT2D eigenvalue weighted by Crippen LogP contribution is -2.24. The Hall–Kier alpha value is -0.480. The second-order valence-electron chi connectivity index (χ2n) is 3.37. The van der Waals surface area contributed by atoms with Crippen LogP contribution < -0.4 is 5.32 Å². The predicted molar refractivity (Wildman–Crippen MR) is 50.4 cm³/mol. The second-order valence-corrected chi connectivity index (χ2v) is 3.37. The van der Waals surface area contributed by atoms with E-state index in [9.17, 15) is 0 Å². The molecule has 0 fully saturated rings. The van der Waals surface area contributed by atoms with Gasteiger partial charge in [0.25, 0.3) is 0 Å². The minimum atomic E-state index is 0.516. The molecule has 0 heterocycles. The van der Waals surface area contributed by atoms with Gasteiger partial charge in [-0.25, -0.2) is 0 Å². The molecule has 11 heavy (non-hydrogen) atoms. The lowest BCUT2D eigenvalue weighted by Gasteiger charge is -2.13. The van der Waals surface area contributed by atoms with Crippen LogP contribution in [0.1, 0.15) is 33.1 Å². The lowest BCUT2D eigenvalue weighted by molar-refractivity contribution is 0.458. The molecule has 0 saturated carbocycles. The molecule has 0 aliphatic carbocycles. The Balaban J connectivity index is 3.45. The molecule has 0 aromatic rings. The Labute approximate surface area is 70.6 Å². The summed E-state index contributed by atoms with van der Waals surface area (Å²) in [6, 6.07) is 0.516. The zero-order valence-corrected chi connectivity index (χ0v) is 7.85. The first-order chi connectivity index (χ1) is 5.20. The maximum absolute atomic E-state index is 5.22. The smallest absolute Gasteiger partial charge is 0.0240 e. The normalized spacial score (nSPS) is 13.0. The number of rotatable bonds is 5. The van der Waals surface area contributed by atoms with Crippen LogP contribution in [0.3, 0.4) is 0 Å². The quantitative estimate of drug-likeness (QED) is 0.596. The fraction of sp³-hybridized carbons (Fsp3) is 0.800. The highest BCUT2D eigenvalue weighted by Gasteiger charge is 2.04. The van der Waals surface area contributed by atoms with Gasteiger partial charge in [-0.3, -0.25) is 0 Å². The van der Waals surface area contributed by atoms with Crippen molar-refractivity contribution in [1.82, 2.24) is 5.32 Å². The van der Waals surface area contributed by atoms with Crippen LogP contribution in [0.5, 0.6) is 0 Å². The first kappa shape index (κ1) is 10.5. The topological polar surface area (TPSA) is 12.0 Å². The number of terminal acetylenes is 1. The van der Waals surface area contributed by atoms with E-state index in [4.69, 9.17) is 6.42 Å². The van der Waals surface area contributed by atoms with Crippen molar-refractivity contribution < 1.29 is 0 Å². The average molecular weight is 153 g/mol. The molecule has 0 aromatic heterocycles. The van der Waals surface area contributed by atoms with Crippen LogP contribution in [0, 0.1) is 18.3 Å². The van der Waals surface area contributed by atoms with Crippen molar-refractivity contribution in [2.45, 2.75) is 39.2 Å². The van der Waals surface area contributed by atoms with Crippen LogP contribution in [0.25, 0.3) is 0 Å². The zero-order chi connectivity index (χ0) is 8.69.